The van der Waals surface area contributed by atoms with Crippen LogP contribution in [0.25, 0.3) is 0 Å². The lowest BCUT2D eigenvalue weighted by Crippen LogP contribution is -2.36. The molecule has 190 valence electrons. The van der Waals surface area contributed by atoms with Crippen molar-refractivity contribution in [2.45, 2.75) is 58.5 Å². The number of hydrogen-bond donors (Lipinski definition) is 2. The number of nitrogens with one attached hydrogen (secondary N) is 1. The first-order valence-corrected chi connectivity index (χ1v) is 12.3. The molecule has 2 aromatic rings. The van der Waals surface area contributed by atoms with Crippen LogP contribution in [0, 0.1) is 0 Å². The van der Waals surface area contributed by atoms with Crippen molar-refractivity contribution in [2.75, 3.05) is 13.7 Å². The molecule has 0 unspecified atom stereocenters. The number of allylic oxidation sites excluding steroid dienone is 3. The minimum absolute atomic E-state index is 0.00489. The average molecular weight is 492 g/mol. The number of dihydropyridines is 1. The molecular formula is C29H33NO6. The summed E-state index contributed by atoms with van der Waals surface area (Å²) >= 11 is 0. The van der Waals surface area contributed by atoms with Gasteiger partial charge in [0.2, 0.25) is 0 Å². The number of ketones is 1. The van der Waals surface area contributed by atoms with Gasteiger partial charge in [-0.3, -0.25) is 4.79 Å². The van der Waals surface area contributed by atoms with Gasteiger partial charge in [-0.05, 0) is 75.4 Å². The van der Waals surface area contributed by atoms with Gasteiger partial charge >= 0.3 is 5.97 Å². The number of phenolic OH excluding ortho intramolecular Hbond substituents is 1. The summed E-state index contributed by atoms with van der Waals surface area (Å²) in [4.78, 5) is 27.0. The molecule has 0 bridgehead atoms. The number of methoxy groups -OCH3 is 1. The largest absolute Gasteiger partial charge is 0.504 e. The third kappa shape index (κ3) is 4.96. The number of Topliss-reactive ketones (excluding diaryl/α,β-unsaturated/α-hetero) is 1. The van der Waals surface area contributed by atoms with Gasteiger partial charge in [0.15, 0.2) is 17.3 Å². The van der Waals surface area contributed by atoms with Gasteiger partial charge in [-0.2, -0.15) is 0 Å². The summed E-state index contributed by atoms with van der Waals surface area (Å²) in [5.41, 5.74) is 4.17. The lowest BCUT2D eigenvalue weighted by molar-refractivity contribution is -0.143. The number of benzene rings is 2. The van der Waals surface area contributed by atoms with Crippen LogP contribution in [-0.4, -0.2) is 36.7 Å². The van der Waals surface area contributed by atoms with E-state index >= 15 is 0 Å². The molecule has 1 aliphatic heterocycles. The molecule has 0 aromatic heterocycles. The molecule has 1 aliphatic carbocycles. The van der Waals surface area contributed by atoms with Crippen LogP contribution >= 0.6 is 0 Å². The first kappa shape index (κ1) is 25.4. The van der Waals surface area contributed by atoms with Crippen molar-refractivity contribution in [1.29, 1.82) is 0 Å². The van der Waals surface area contributed by atoms with E-state index in [-0.39, 0.29) is 23.6 Å². The van der Waals surface area contributed by atoms with Crippen molar-refractivity contribution in [3.05, 3.63) is 76.1 Å². The fourth-order valence-electron chi connectivity index (χ4n) is 5.01. The molecule has 0 fully saturated rings. The molecule has 0 saturated heterocycles. The predicted molar refractivity (Wildman–Crippen MR) is 136 cm³/mol. The average Bonchev–Trinajstić information content (AvgIpc) is 2.84. The molecular weight excluding hydrogens is 458 g/mol. The molecule has 1 heterocycles. The van der Waals surface area contributed by atoms with E-state index in [4.69, 9.17) is 14.2 Å². The van der Waals surface area contributed by atoms with Crippen LogP contribution in [0.5, 0.6) is 17.2 Å². The van der Waals surface area contributed by atoms with E-state index in [1.807, 2.05) is 38.1 Å². The first-order chi connectivity index (χ1) is 17.2. The van der Waals surface area contributed by atoms with Crippen LogP contribution in [0.3, 0.4) is 0 Å². The first-order valence-electron chi connectivity index (χ1n) is 12.3. The zero-order valence-corrected chi connectivity index (χ0v) is 21.4. The van der Waals surface area contributed by atoms with E-state index in [0.717, 1.165) is 17.0 Å². The maximum Gasteiger partial charge on any atom is 0.337 e. The fraction of sp³-hybridized carbons (Fsp3) is 0.379. The SMILES string of the molecule is CCOc1cc([C@@H]2C(C(=O)OC(C)C)=C(C)NC3=C2C(=O)C[C@@H](c2ccc(OC)cc2)C3)ccc1O. The van der Waals surface area contributed by atoms with Crippen molar-refractivity contribution in [2.24, 2.45) is 0 Å². The molecule has 36 heavy (non-hydrogen) atoms. The van der Waals surface area contributed by atoms with Crippen LogP contribution in [0.15, 0.2) is 65.0 Å². The molecule has 0 saturated carbocycles. The van der Waals surface area contributed by atoms with Crippen molar-refractivity contribution in [3.8, 4) is 17.2 Å². The maximum absolute atomic E-state index is 13.7. The Kier molecular flexibility index (Phi) is 7.38. The van der Waals surface area contributed by atoms with Crippen molar-refractivity contribution in [3.63, 3.8) is 0 Å². The Labute approximate surface area is 211 Å². The Morgan fingerprint density at radius 2 is 1.81 bits per heavy atom. The summed E-state index contributed by atoms with van der Waals surface area (Å²) in [6.45, 7) is 7.62. The number of carbonyl (C=O) groups is 2. The minimum atomic E-state index is -0.628. The molecule has 0 amide bonds. The highest BCUT2D eigenvalue weighted by Gasteiger charge is 2.41. The Morgan fingerprint density at radius 3 is 2.44 bits per heavy atom. The summed E-state index contributed by atoms with van der Waals surface area (Å²) in [6.07, 6.45) is 0.643. The zero-order valence-electron chi connectivity index (χ0n) is 21.4. The highest BCUT2D eigenvalue weighted by atomic mass is 16.5. The molecule has 0 spiro atoms. The quantitative estimate of drug-likeness (QED) is 0.520. The zero-order chi connectivity index (χ0) is 26.0. The Morgan fingerprint density at radius 1 is 1.11 bits per heavy atom. The highest BCUT2D eigenvalue weighted by molar-refractivity contribution is 6.04. The van der Waals surface area contributed by atoms with Crippen LogP contribution in [-0.2, 0) is 14.3 Å². The lowest BCUT2D eigenvalue weighted by Gasteiger charge is -2.37. The van der Waals surface area contributed by atoms with Crippen molar-refractivity contribution in [1.82, 2.24) is 5.32 Å². The van der Waals surface area contributed by atoms with Gasteiger partial charge in [-0.25, -0.2) is 4.79 Å². The molecule has 2 N–H and O–H groups in total. The highest BCUT2D eigenvalue weighted by Crippen LogP contribution is 2.47. The van der Waals surface area contributed by atoms with Gasteiger partial charge < -0.3 is 24.6 Å². The Hall–Kier alpha value is -3.74. The topological polar surface area (TPSA) is 94.1 Å². The van der Waals surface area contributed by atoms with E-state index in [2.05, 4.69) is 5.32 Å². The van der Waals surface area contributed by atoms with Crippen LogP contribution < -0.4 is 14.8 Å². The molecule has 4 rings (SSSR count). The second-order valence-electron chi connectivity index (χ2n) is 9.40. The molecule has 2 aliphatic rings. The summed E-state index contributed by atoms with van der Waals surface area (Å²) in [5.74, 6) is -0.0379. The third-order valence-corrected chi connectivity index (χ3v) is 6.59. The number of ether oxygens (including phenoxy) is 3. The maximum atomic E-state index is 13.7. The molecule has 0 radical (unpaired) electrons. The molecule has 2 aromatic carbocycles. The lowest BCUT2D eigenvalue weighted by atomic mass is 9.71. The van der Waals surface area contributed by atoms with Crippen molar-refractivity contribution < 1.29 is 28.9 Å². The van der Waals surface area contributed by atoms with E-state index in [9.17, 15) is 14.7 Å². The number of esters is 1. The van der Waals surface area contributed by atoms with Gasteiger partial charge in [-0.15, -0.1) is 0 Å². The Bertz CT molecular complexity index is 1220. The molecule has 7 heteroatoms. The van der Waals surface area contributed by atoms with E-state index < -0.39 is 11.9 Å². The van der Waals surface area contributed by atoms with Gasteiger partial charge in [0, 0.05) is 29.3 Å². The summed E-state index contributed by atoms with van der Waals surface area (Å²) < 4.78 is 16.5. The van der Waals surface area contributed by atoms with Gasteiger partial charge in [0.05, 0.1) is 25.4 Å². The second kappa shape index (κ2) is 10.5. The number of rotatable bonds is 7. The molecule has 2 atom stereocenters. The van der Waals surface area contributed by atoms with Gasteiger partial charge in [0.1, 0.15) is 5.75 Å². The van der Waals surface area contributed by atoms with Crippen LogP contribution in [0.4, 0.5) is 0 Å². The number of aromatic hydroxyl groups is 1. The van der Waals surface area contributed by atoms with Crippen LogP contribution in [0.2, 0.25) is 0 Å². The van der Waals surface area contributed by atoms with Crippen LogP contribution in [0.1, 0.15) is 63.5 Å². The summed E-state index contributed by atoms with van der Waals surface area (Å²) in [6, 6.07) is 12.8. The summed E-state index contributed by atoms with van der Waals surface area (Å²) in [7, 11) is 1.62. The number of hydrogen-bond acceptors (Lipinski definition) is 7. The second-order valence-corrected chi connectivity index (χ2v) is 9.40. The van der Waals surface area contributed by atoms with Gasteiger partial charge in [-0.1, -0.05) is 18.2 Å². The standard InChI is InChI=1S/C29H33NO6/c1-6-35-25-15-19(9-12-23(25)31)27-26(29(33)36-16(2)3)17(4)30-22-13-20(14-24(32)28(22)27)18-7-10-21(34-5)11-8-18/h7-12,15-16,20,27,30-31H,6,13-14H2,1-5H3/t20-,27+/m0/s1. The summed E-state index contributed by atoms with van der Waals surface area (Å²) in [5, 5.41) is 13.6. The van der Waals surface area contributed by atoms with E-state index in [1.54, 1.807) is 33.1 Å². The Balaban J connectivity index is 1.79. The van der Waals surface area contributed by atoms with Crippen molar-refractivity contribution >= 4 is 11.8 Å². The fourth-order valence-corrected chi connectivity index (χ4v) is 5.01. The van der Waals surface area contributed by atoms with Gasteiger partial charge in [0.25, 0.3) is 0 Å². The normalized spacial score (nSPS) is 19.7. The third-order valence-electron chi connectivity index (χ3n) is 6.59. The predicted octanol–water partition coefficient (Wildman–Crippen LogP) is 5.11. The number of carbonyl (C=O) groups excluding carboxylic acids is 2. The smallest absolute Gasteiger partial charge is 0.337 e. The monoisotopic (exact) mass is 491 g/mol. The van der Waals surface area contributed by atoms with E-state index in [1.165, 1.54) is 6.07 Å². The number of phenols is 1. The molecule has 7 nitrogen and oxygen atoms in total. The van der Waals surface area contributed by atoms with E-state index in [0.29, 0.717) is 47.6 Å². The minimum Gasteiger partial charge on any atom is -0.504 e.